The number of anilines is 2. The van der Waals surface area contributed by atoms with E-state index in [-0.39, 0.29) is 11.7 Å². The van der Waals surface area contributed by atoms with E-state index in [1.807, 2.05) is 34.4 Å². The number of hydrogen-bond acceptors (Lipinski definition) is 7. The molecule has 0 saturated carbocycles. The minimum absolute atomic E-state index is 0.0769. The highest BCUT2D eigenvalue weighted by atomic mass is 19.1. The molecule has 6 rings (SSSR count). The maximum atomic E-state index is 14.3. The largest absolute Gasteiger partial charge is 0.494 e. The summed E-state index contributed by atoms with van der Waals surface area (Å²) in [5, 5.41) is 6.77. The molecule has 2 saturated heterocycles. The predicted molar refractivity (Wildman–Crippen MR) is 148 cm³/mol. The molecule has 2 aliphatic rings. The summed E-state index contributed by atoms with van der Waals surface area (Å²) in [6.07, 6.45) is 6.34. The smallest absolute Gasteiger partial charge is 0.254 e. The van der Waals surface area contributed by atoms with Gasteiger partial charge < -0.3 is 20.3 Å². The van der Waals surface area contributed by atoms with Gasteiger partial charge in [-0.3, -0.25) is 14.1 Å². The van der Waals surface area contributed by atoms with Crippen molar-refractivity contribution in [3.05, 3.63) is 71.9 Å². The van der Waals surface area contributed by atoms with Gasteiger partial charge in [-0.05, 0) is 61.9 Å². The van der Waals surface area contributed by atoms with Gasteiger partial charge in [0.1, 0.15) is 0 Å². The number of amides is 1. The summed E-state index contributed by atoms with van der Waals surface area (Å²) in [6.45, 7) is 7.42. The van der Waals surface area contributed by atoms with Crippen LogP contribution in [-0.4, -0.2) is 82.5 Å². The van der Waals surface area contributed by atoms with Crippen LogP contribution in [0.3, 0.4) is 0 Å². The van der Waals surface area contributed by atoms with E-state index in [9.17, 15) is 9.18 Å². The molecule has 0 radical (unpaired) electrons. The van der Waals surface area contributed by atoms with Crippen molar-refractivity contribution in [3.8, 4) is 17.0 Å². The van der Waals surface area contributed by atoms with E-state index >= 15 is 0 Å². The van der Waals surface area contributed by atoms with E-state index in [0.29, 0.717) is 28.6 Å². The summed E-state index contributed by atoms with van der Waals surface area (Å²) in [6, 6.07) is 11.2. The number of hydrogen-bond donors (Lipinski definition) is 2. The minimum Gasteiger partial charge on any atom is -0.494 e. The molecule has 9 nitrogen and oxygen atoms in total. The molecule has 2 aliphatic heterocycles. The van der Waals surface area contributed by atoms with Gasteiger partial charge >= 0.3 is 0 Å². The van der Waals surface area contributed by atoms with Crippen LogP contribution in [0.1, 0.15) is 22.3 Å². The number of benzene rings is 2. The van der Waals surface area contributed by atoms with Gasteiger partial charge in [-0.15, -0.1) is 0 Å². The highest BCUT2D eigenvalue weighted by Gasteiger charge is 2.28. The number of halogens is 1. The molecule has 0 aliphatic carbocycles. The van der Waals surface area contributed by atoms with E-state index in [1.165, 1.54) is 19.6 Å². The van der Waals surface area contributed by atoms with Crippen LogP contribution in [0.15, 0.2) is 55.0 Å². The van der Waals surface area contributed by atoms with Crippen LogP contribution >= 0.6 is 0 Å². The molecule has 4 aromatic rings. The number of fused-ring (bicyclic) bond motifs is 1. The third-order valence-electron chi connectivity index (χ3n) is 7.75. The number of imidazole rings is 1. The molecule has 10 heteroatoms. The SMILES string of the molecule is COc1ccc(-c2cnc3c(Nc4ccc(C(=O)N5CCN(C6CCNC6)CC5)c(C)c4)nccn23)cc1F. The average Bonchev–Trinajstić information content (AvgIpc) is 3.64. The highest BCUT2D eigenvalue weighted by Crippen LogP contribution is 2.29. The Kier molecular flexibility index (Phi) is 6.88. The Hall–Kier alpha value is -4.02. The normalized spacial score (nSPS) is 18.0. The number of nitrogens with zero attached hydrogens (tertiary/aromatic N) is 5. The van der Waals surface area contributed by atoms with Crippen molar-refractivity contribution in [3.63, 3.8) is 0 Å². The number of piperazine rings is 1. The van der Waals surface area contributed by atoms with Crippen molar-refractivity contribution >= 4 is 23.1 Å². The third kappa shape index (κ3) is 4.93. The second kappa shape index (κ2) is 10.6. The number of rotatable bonds is 6. The van der Waals surface area contributed by atoms with Crippen molar-refractivity contribution in [2.24, 2.45) is 0 Å². The average molecular weight is 530 g/mol. The number of nitrogens with one attached hydrogen (secondary N) is 2. The van der Waals surface area contributed by atoms with E-state index in [2.05, 4.69) is 25.5 Å². The summed E-state index contributed by atoms with van der Waals surface area (Å²) in [4.78, 5) is 26.8. The molecule has 1 atom stereocenters. The second-order valence-corrected chi connectivity index (χ2v) is 10.1. The Morgan fingerprint density at radius 1 is 1.13 bits per heavy atom. The van der Waals surface area contributed by atoms with E-state index in [1.54, 1.807) is 30.7 Å². The minimum atomic E-state index is -0.435. The number of aryl methyl sites for hydroxylation is 1. The number of carbonyl (C=O) groups excluding carboxylic acids is 1. The van der Waals surface area contributed by atoms with Gasteiger partial charge in [0.2, 0.25) is 0 Å². The molecule has 0 spiro atoms. The first-order valence-electron chi connectivity index (χ1n) is 13.3. The molecule has 2 aromatic heterocycles. The lowest BCUT2D eigenvalue weighted by Crippen LogP contribution is -2.52. The molecule has 1 amide bonds. The van der Waals surface area contributed by atoms with Crippen molar-refractivity contribution in [1.82, 2.24) is 29.5 Å². The summed E-state index contributed by atoms with van der Waals surface area (Å²) in [5.41, 5.74) is 4.44. The van der Waals surface area contributed by atoms with E-state index in [4.69, 9.17) is 4.74 Å². The fourth-order valence-corrected chi connectivity index (χ4v) is 5.58. The Bertz CT molecular complexity index is 1510. The first-order chi connectivity index (χ1) is 19.0. The van der Waals surface area contributed by atoms with Gasteiger partial charge in [0.05, 0.1) is 19.0 Å². The third-order valence-corrected chi connectivity index (χ3v) is 7.75. The lowest BCUT2D eigenvalue weighted by atomic mass is 10.1. The Labute approximate surface area is 226 Å². The maximum absolute atomic E-state index is 14.3. The zero-order chi connectivity index (χ0) is 26.9. The second-order valence-electron chi connectivity index (χ2n) is 10.1. The Morgan fingerprint density at radius 2 is 1.97 bits per heavy atom. The molecule has 4 heterocycles. The van der Waals surface area contributed by atoms with Gasteiger partial charge in [0, 0.05) is 68.0 Å². The summed E-state index contributed by atoms with van der Waals surface area (Å²) < 4.78 is 21.2. The molecular weight excluding hydrogens is 497 g/mol. The molecular formula is C29H32FN7O2. The van der Waals surface area contributed by atoms with Crippen LogP contribution in [0.2, 0.25) is 0 Å². The number of aromatic nitrogens is 3. The predicted octanol–water partition coefficient (Wildman–Crippen LogP) is 3.72. The monoisotopic (exact) mass is 529 g/mol. The molecule has 0 bridgehead atoms. The molecule has 2 fully saturated rings. The lowest BCUT2D eigenvalue weighted by molar-refractivity contribution is 0.0583. The van der Waals surface area contributed by atoms with Crippen LogP contribution in [0.25, 0.3) is 16.9 Å². The van der Waals surface area contributed by atoms with Crippen molar-refractivity contribution in [1.29, 1.82) is 0 Å². The summed E-state index contributed by atoms with van der Waals surface area (Å²) >= 11 is 0. The van der Waals surface area contributed by atoms with Crippen molar-refractivity contribution in [2.45, 2.75) is 19.4 Å². The van der Waals surface area contributed by atoms with Gasteiger partial charge in [-0.25, -0.2) is 14.4 Å². The fourth-order valence-electron chi connectivity index (χ4n) is 5.58. The molecule has 39 heavy (non-hydrogen) atoms. The highest BCUT2D eigenvalue weighted by molar-refractivity contribution is 5.96. The van der Waals surface area contributed by atoms with Crippen LogP contribution in [0.5, 0.6) is 5.75 Å². The molecule has 2 aromatic carbocycles. The summed E-state index contributed by atoms with van der Waals surface area (Å²) in [5.74, 6) is 0.398. The van der Waals surface area contributed by atoms with Crippen LogP contribution in [0, 0.1) is 12.7 Å². The molecule has 2 N–H and O–H groups in total. The molecule has 1 unspecified atom stereocenters. The van der Waals surface area contributed by atoms with Crippen LogP contribution < -0.4 is 15.4 Å². The van der Waals surface area contributed by atoms with Gasteiger partial charge in [-0.1, -0.05) is 0 Å². The van der Waals surface area contributed by atoms with Crippen LogP contribution in [-0.2, 0) is 0 Å². The first kappa shape index (κ1) is 25.3. The van der Waals surface area contributed by atoms with E-state index < -0.39 is 5.82 Å². The zero-order valence-corrected chi connectivity index (χ0v) is 22.2. The summed E-state index contributed by atoms with van der Waals surface area (Å²) in [7, 11) is 1.44. The van der Waals surface area contributed by atoms with Crippen LogP contribution in [0.4, 0.5) is 15.9 Å². The quantitative estimate of drug-likeness (QED) is 0.394. The standard InChI is InChI=1S/C29H32FN7O2/c1-19-15-21(4-5-23(19)29(38)36-13-11-35(12-14-36)22-7-8-31-17-22)34-27-28-33-18-25(37(28)10-9-32-27)20-3-6-26(39-2)24(30)16-20/h3-6,9-10,15-16,18,22,31H,7-8,11-14,17H2,1-2H3,(H,32,34). The zero-order valence-electron chi connectivity index (χ0n) is 22.2. The van der Waals surface area contributed by atoms with Gasteiger partial charge in [0.15, 0.2) is 23.0 Å². The molecule has 202 valence electrons. The first-order valence-corrected chi connectivity index (χ1v) is 13.3. The Morgan fingerprint density at radius 3 is 2.69 bits per heavy atom. The topological polar surface area (TPSA) is 87.0 Å². The number of ether oxygens (including phenoxy) is 1. The maximum Gasteiger partial charge on any atom is 0.254 e. The number of carbonyl (C=O) groups is 1. The van der Waals surface area contributed by atoms with E-state index in [0.717, 1.165) is 56.2 Å². The number of methoxy groups -OCH3 is 1. The van der Waals surface area contributed by atoms with Crippen molar-refractivity contribution in [2.75, 3.05) is 51.7 Å². The van der Waals surface area contributed by atoms with Gasteiger partial charge in [0.25, 0.3) is 5.91 Å². The van der Waals surface area contributed by atoms with Gasteiger partial charge in [-0.2, -0.15) is 0 Å². The lowest BCUT2D eigenvalue weighted by Gasteiger charge is -2.38. The van der Waals surface area contributed by atoms with Crippen molar-refractivity contribution < 1.29 is 13.9 Å². The Balaban J connectivity index is 1.17. The fraction of sp³-hybridized carbons (Fsp3) is 0.345.